The van der Waals surface area contributed by atoms with Crippen molar-refractivity contribution in [2.75, 3.05) is 6.61 Å². The van der Waals surface area contributed by atoms with Gasteiger partial charge in [-0.1, -0.05) is 12.7 Å². The number of furan rings is 1. The van der Waals surface area contributed by atoms with Crippen molar-refractivity contribution < 1.29 is 27.2 Å². The Morgan fingerprint density at radius 3 is 2.79 bits per heavy atom. The maximum Gasteiger partial charge on any atom is 0.330 e. The van der Waals surface area contributed by atoms with Crippen molar-refractivity contribution in [1.29, 1.82) is 0 Å². The van der Waals surface area contributed by atoms with Gasteiger partial charge in [0.25, 0.3) is 5.91 Å². The number of esters is 1. The molecule has 3 rings (SSSR count). The van der Waals surface area contributed by atoms with Crippen molar-refractivity contribution in [2.45, 2.75) is 30.0 Å². The lowest BCUT2D eigenvalue weighted by Gasteiger charge is -2.38. The van der Waals surface area contributed by atoms with E-state index >= 15 is 0 Å². The number of fused-ring (bicyclic) bond motifs is 1. The molecule has 3 heterocycles. The number of ether oxygens (including phenoxy) is 1. The minimum atomic E-state index is -3.80. The molecule has 1 amide bonds. The van der Waals surface area contributed by atoms with Crippen LogP contribution in [-0.4, -0.2) is 48.0 Å². The summed E-state index contributed by atoms with van der Waals surface area (Å²) in [6.07, 6.45) is 4.20. The third-order valence-corrected chi connectivity index (χ3v) is 7.13. The standard InChI is InChI=1S/C16H17NO6S/c1-4-7-23-15(19)12-16(2,3)24(20,21)14-11(13(18)17(12)14)9-10-6-5-8-22-10/h4-6,8-9,12,14H,1,7H2,2-3H3/t12-,14+/m0/s1. The molecule has 0 aromatic carbocycles. The molecule has 1 aromatic heterocycles. The zero-order chi connectivity index (χ0) is 17.7. The number of hydrogen-bond donors (Lipinski definition) is 0. The van der Waals surface area contributed by atoms with E-state index in [1.807, 2.05) is 0 Å². The van der Waals surface area contributed by atoms with E-state index in [0.717, 1.165) is 4.90 Å². The fourth-order valence-corrected chi connectivity index (χ4v) is 5.19. The summed E-state index contributed by atoms with van der Waals surface area (Å²) in [4.78, 5) is 25.8. The fourth-order valence-electron chi connectivity index (χ4n) is 3.07. The summed E-state index contributed by atoms with van der Waals surface area (Å²) in [5.41, 5.74) is 0.0945. The Labute approximate surface area is 139 Å². The van der Waals surface area contributed by atoms with E-state index < -0.39 is 37.9 Å². The zero-order valence-corrected chi connectivity index (χ0v) is 14.1. The van der Waals surface area contributed by atoms with E-state index in [0.29, 0.717) is 5.76 Å². The highest BCUT2D eigenvalue weighted by molar-refractivity contribution is 7.94. The smallest absolute Gasteiger partial charge is 0.330 e. The van der Waals surface area contributed by atoms with E-state index in [9.17, 15) is 18.0 Å². The Balaban J connectivity index is 2.02. The number of amides is 1. The summed E-state index contributed by atoms with van der Waals surface area (Å²) < 4.78 is 34.4. The van der Waals surface area contributed by atoms with Crippen LogP contribution in [0, 0.1) is 0 Å². The normalized spacial score (nSPS) is 28.3. The van der Waals surface area contributed by atoms with Crippen molar-refractivity contribution in [3.05, 3.63) is 42.4 Å². The van der Waals surface area contributed by atoms with Gasteiger partial charge in [0, 0.05) is 0 Å². The minimum Gasteiger partial charge on any atom is -0.465 e. The Kier molecular flexibility index (Phi) is 3.67. The molecule has 2 fully saturated rings. The Bertz CT molecular complexity index is 834. The van der Waals surface area contributed by atoms with Crippen LogP contribution >= 0.6 is 0 Å². The first-order chi connectivity index (χ1) is 11.2. The van der Waals surface area contributed by atoms with Gasteiger partial charge in [-0.15, -0.1) is 0 Å². The first-order valence-corrected chi connectivity index (χ1v) is 8.87. The number of hydrogen-bond acceptors (Lipinski definition) is 6. The van der Waals surface area contributed by atoms with Crippen LogP contribution in [0.2, 0.25) is 0 Å². The predicted molar refractivity (Wildman–Crippen MR) is 85.3 cm³/mol. The lowest BCUT2D eigenvalue weighted by Crippen LogP contribution is -2.59. The molecule has 128 valence electrons. The van der Waals surface area contributed by atoms with Gasteiger partial charge >= 0.3 is 5.97 Å². The topological polar surface area (TPSA) is 93.9 Å². The molecule has 2 atom stereocenters. The monoisotopic (exact) mass is 351 g/mol. The molecular weight excluding hydrogens is 334 g/mol. The first kappa shape index (κ1) is 16.5. The number of rotatable bonds is 4. The van der Waals surface area contributed by atoms with Crippen molar-refractivity contribution >= 4 is 27.8 Å². The van der Waals surface area contributed by atoms with Crippen LogP contribution in [-0.2, 0) is 24.2 Å². The van der Waals surface area contributed by atoms with E-state index in [4.69, 9.17) is 9.15 Å². The molecule has 2 saturated heterocycles. The third-order valence-electron chi connectivity index (χ3n) is 4.37. The number of carbonyl (C=O) groups excluding carboxylic acids is 2. The second-order valence-corrected chi connectivity index (χ2v) is 8.74. The molecular formula is C16H17NO6S. The number of nitrogens with zero attached hydrogens (tertiary/aromatic N) is 1. The van der Waals surface area contributed by atoms with Crippen LogP contribution in [0.15, 0.2) is 41.0 Å². The largest absolute Gasteiger partial charge is 0.465 e. The van der Waals surface area contributed by atoms with E-state index in [1.54, 1.807) is 12.1 Å². The molecule has 0 bridgehead atoms. The molecule has 0 N–H and O–H groups in total. The molecule has 0 radical (unpaired) electrons. The van der Waals surface area contributed by atoms with Gasteiger partial charge in [0.2, 0.25) is 0 Å². The Hall–Kier alpha value is -2.35. The average Bonchev–Trinajstić information content (AvgIpc) is 3.07. The Morgan fingerprint density at radius 1 is 1.50 bits per heavy atom. The van der Waals surface area contributed by atoms with Gasteiger partial charge in [-0.05, 0) is 32.1 Å². The summed E-state index contributed by atoms with van der Waals surface area (Å²) in [7, 11) is -3.80. The van der Waals surface area contributed by atoms with Gasteiger partial charge < -0.3 is 14.1 Å². The molecule has 0 saturated carbocycles. The number of carbonyl (C=O) groups is 2. The van der Waals surface area contributed by atoms with Crippen LogP contribution in [0.25, 0.3) is 6.08 Å². The third kappa shape index (κ3) is 2.06. The maximum atomic E-state index is 12.9. The van der Waals surface area contributed by atoms with E-state index in [1.165, 1.54) is 32.3 Å². The van der Waals surface area contributed by atoms with Crippen LogP contribution in [0.3, 0.4) is 0 Å². The van der Waals surface area contributed by atoms with E-state index in [2.05, 4.69) is 6.58 Å². The summed E-state index contributed by atoms with van der Waals surface area (Å²) >= 11 is 0. The van der Waals surface area contributed by atoms with Crippen molar-refractivity contribution in [1.82, 2.24) is 4.90 Å². The molecule has 24 heavy (non-hydrogen) atoms. The molecule has 0 spiro atoms. The van der Waals surface area contributed by atoms with Gasteiger partial charge in [0.1, 0.15) is 17.1 Å². The van der Waals surface area contributed by atoms with E-state index in [-0.39, 0.29) is 12.2 Å². The fraction of sp³-hybridized carbons (Fsp3) is 0.375. The van der Waals surface area contributed by atoms with Gasteiger partial charge in [0.05, 0.1) is 11.8 Å². The van der Waals surface area contributed by atoms with Crippen molar-refractivity contribution in [2.24, 2.45) is 0 Å². The molecule has 2 aliphatic heterocycles. The van der Waals surface area contributed by atoms with Crippen molar-refractivity contribution in [3.63, 3.8) is 0 Å². The summed E-state index contributed by atoms with van der Waals surface area (Å²) in [6.45, 7) is 6.25. The van der Waals surface area contributed by atoms with Crippen LogP contribution in [0.4, 0.5) is 0 Å². The maximum absolute atomic E-state index is 12.9. The minimum absolute atomic E-state index is 0.0484. The molecule has 7 nitrogen and oxygen atoms in total. The second-order valence-electron chi connectivity index (χ2n) is 6.15. The molecule has 8 heteroatoms. The first-order valence-electron chi connectivity index (χ1n) is 7.32. The van der Waals surface area contributed by atoms with Crippen LogP contribution < -0.4 is 0 Å². The zero-order valence-electron chi connectivity index (χ0n) is 13.3. The highest BCUT2D eigenvalue weighted by Gasteiger charge is 2.70. The lowest BCUT2D eigenvalue weighted by molar-refractivity contribution is -0.156. The summed E-state index contributed by atoms with van der Waals surface area (Å²) in [5.74, 6) is -0.883. The number of sulfone groups is 1. The van der Waals surface area contributed by atoms with Gasteiger partial charge in [-0.2, -0.15) is 0 Å². The lowest BCUT2D eigenvalue weighted by atomic mass is 9.95. The average molecular weight is 351 g/mol. The van der Waals surface area contributed by atoms with Gasteiger partial charge in [-0.25, -0.2) is 13.2 Å². The molecule has 1 aromatic rings. The van der Waals surface area contributed by atoms with Crippen LogP contribution in [0.1, 0.15) is 19.6 Å². The predicted octanol–water partition coefficient (Wildman–Crippen LogP) is 1.14. The SMILES string of the molecule is C=CCOC(=O)[C@@H]1N2C(=O)C(=Cc3ccco3)[C@H]2S(=O)(=O)C1(C)C. The molecule has 2 aliphatic rings. The summed E-state index contributed by atoms with van der Waals surface area (Å²) in [5, 5.41) is -1.16. The highest BCUT2D eigenvalue weighted by atomic mass is 32.2. The Morgan fingerprint density at radius 2 is 2.21 bits per heavy atom. The van der Waals surface area contributed by atoms with Crippen LogP contribution in [0.5, 0.6) is 0 Å². The van der Waals surface area contributed by atoms with Gasteiger partial charge in [0.15, 0.2) is 21.3 Å². The second kappa shape index (κ2) is 5.34. The van der Waals surface area contributed by atoms with Crippen molar-refractivity contribution in [3.8, 4) is 0 Å². The highest BCUT2D eigenvalue weighted by Crippen LogP contribution is 2.49. The summed E-state index contributed by atoms with van der Waals surface area (Å²) in [6, 6.07) is 2.06. The number of β-lactam (4-membered cyclic amide) rings is 1. The molecule has 0 unspecified atom stereocenters. The molecule has 0 aliphatic carbocycles. The quantitative estimate of drug-likeness (QED) is 0.349. The van der Waals surface area contributed by atoms with Gasteiger partial charge in [-0.3, -0.25) is 4.79 Å².